The van der Waals surface area contributed by atoms with Crippen molar-refractivity contribution in [1.82, 2.24) is 0 Å². The Morgan fingerprint density at radius 3 is 1.50 bits per heavy atom. The summed E-state index contributed by atoms with van der Waals surface area (Å²) in [5, 5.41) is 0. The Balaban J connectivity index is -0.0000000511. The molecule has 0 aliphatic heterocycles. The van der Waals surface area contributed by atoms with Crippen LogP contribution < -0.4 is 0 Å². The second-order valence-electron chi connectivity index (χ2n) is 1.08. The predicted octanol–water partition coefficient (Wildman–Crippen LogP) is 0.0240. The molecule has 0 fully saturated rings. The van der Waals surface area contributed by atoms with Crippen LogP contribution in [0, 0.1) is 37.6 Å². The molecule has 0 heterocycles. The van der Waals surface area contributed by atoms with E-state index in [-0.39, 0.29) is 17.1 Å². The Labute approximate surface area is 96.3 Å². The van der Waals surface area contributed by atoms with E-state index in [4.69, 9.17) is 18.1 Å². The zero-order valence-electron chi connectivity index (χ0n) is 6.97. The van der Waals surface area contributed by atoms with Crippen LogP contribution in [0.1, 0.15) is 0 Å². The molecule has 0 radical (unpaired) electrons. The molecule has 0 aliphatic carbocycles. The van der Waals surface area contributed by atoms with Gasteiger partial charge < -0.3 is 34.9 Å². The molecule has 0 spiro atoms. The van der Waals surface area contributed by atoms with Crippen LogP contribution in [0.4, 0.5) is 0 Å². The van der Waals surface area contributed by atoms with Gasteiger partial charge in [-0.3, -0.25) is 4.21 Å². The van der Waals surface area contributed by atoms with Gasteiger partial charge in [0.05, 0.1) is 0 Å². The first-order valence-corrected chi connectivity index (χ1v) is 3.96. The number of rotatable bonds is 0. The van der Waals surface area contributed by atoms with Crippen molar-refractivity contribution in [2.45, 2.75) is 0 Å². The maximum absolute atomic E-state index is 9.00. The molecule has 0 bridgehead atoms. The molecule has 0 amide bonds. The standard InChI is InChI=1S/C5H.CH4O2S.2CO.Fe/c1-2-4-5-3-1;1-4(2)3;2*1-2;/h1H;1H3,(H,2,3);;;/q-5;;;;/p-1. The molecular weight excluding hydrogens is 248 g/mol. The smallest absolute Gasteiger partial charge is 0 e. The molecule has 0 saturated heterocycles. The average molecular weight is 252 g/mol. The van der Waals surface area contributed by atoms with Crippen molar-refractivity contribution in [3.63, 3.8) is 0 Å². The van der Waals surface area contributed by atoms with E-state index < -0.39 is 11.1 Å². The van der Waals surface area contributed by atoms with Gasteiger partial charge in [-0.15, -0.1) is 0 Å². The fourth-order valence-corrected chi connectivity index (χ4v) is 0.180. The van der Waals surface area contributed by atoms with Crippen LogP contribution in [0.2, 0.25) is 0 Å². The summed E-state index contributed by atoms with van der Waals surface area (Å²) in [6, 6.07) is 12.0. The number of hydrogen-bond donors (Lipinski definition) is 0. The van der Waals surface area contributed by atoms with E-state index in [2.05, 4.69) is 37.6 Å². The molecule has 80 valence electrons. The Bertz CT molecular complexity index is 191. The summed E-state index contributed by atoms with van der Waals surface area (Å²) in [6.45, 7) is 9.00. The van der Waals surface area contributed by atoms with Gasteiger partial charge in [-0.1, -0.05) is 11.1 Å². The summed E-state index contributed by atoms with van der Waals surface area (Å²) in [4.78, 5) is 0. The average Bonchev–Trinajstić information content (AvgIpc) is 2.67. The fourth-order valence-electron chi connectivity index (χ4n) is 0.180. The summed E-state index contributed by atoms with van der Waals surface area (Å²) in [5.74, 6) is 0. The Morgan fingerprint density at radius 2 is 1.43 bits per heavy atom. The zero-order valence-corrected chi connectivity index (χ0v) is 8.89. The Hall–Kier alpha value is -0.541. The first-order chi connectivity index (χ1) is 6.23. The van der Waals surface area contributed by atoms with Gasteiger partial charge in [-0.2, -0.15) is 0 Å². The Morgan fingerprint density at radius 1 is 1.21 bits per heavy atom. The SMILES string of the molecule is CS(=O)[O-].[C-]#[O+].[C-]#[O+].[Fe].[c-]1[c-][c-][cH-][c-]1. The topological polar surface area (TPSA) is 79.9 Å². The minimum atomic E-state index is -1.86. The quantitative estimate of drug-likeness (QED) is 0.282. The van der Waals surface area contributed by atoms with Crippen LogP contribution in [0.3, 0.4) is 0 Å². The molecule has 14 heavy (non-hydrogen) atoms. The van der Waals surface area contributed by atoms with Crippen molar-refractivity contribution in [1.29, 1.82) is 0 Å². The zero-order chi connectivity index (χ0) is 11.1. The van der Waals surface area contributed by atoms with Crippen LogP contribution in [0.5, 0.6) is 0 Å². The normalized spacial score (nSPS) is 7.57. The van der Waals surface area contributed by atoms with Gasteiger partial charge in [0, 0.05) is 17.1 Å². The fraction of sp³-hybridized carbons (Fsp3) is 0.125. The van der Waals surface area contributed by atoms with E-state index in [9.17, 15) is 0 Å². The maximum atomic E-state index is 9.00. The van der Waals surface area contributed by atoms with Gasteiger partial charge in [-0.25, -0.2) is 0 Å². The van der Waals surface area contributed by atoms with E-state index in [1.165, 1.54) is 0 Å². The van der Waals surface area contributed by atoms with Gasteiger partial charge in [0.2, 0.25) is 0 Å². The molecule has 1 atom stereocenters. The van der Waals surface area contributed by atoms with Crippen molar-refractivity contribution >= 4 is 11.1 Å². The molecule has 4 nitrogen and oxygen atoms in total. The van der Waals surface area contributed by atoms with Crippen molar-refractivity contribution in [3.8, 4) is 0 Å². The first kappa shape index (κ1) is 23.4. The van der Waals surface area contributed by atoms with E-state index in [0.717, 1.165) is 6.26 Å². The van der Waals surface area contributed by atoms with Crippen LogP contribution in [0.25, 0.3) is 0 Å². The minimum absolute atomic E-state index is 0. The second-order valence-corrected chi connectivity index (χ2v) is 1.89. The molecule has 1 aromatic rings. The van der Waals surface area contributed by atoms with E-state index in [1.807, 2.05) is 0 Å². The molecule has 0 aromatic heterocycles. The molecule has 1 unspecified atom stereocenters. The summed E-state index contributed by atoms with van der Waals surface area (Å²) < 4.78 is 33.0. The second kappa shape index (κ2) is 29.4. The maximum Gasteiger partial charge on any atom is 0 e. The monoisotopic (exact) mass is 252 g/mol. The van der Waals surface area contributed by atoms with Gasteiger partial charge in [0.25, 0.3) is 0 Å². The minimum Gasteiger partial charge on any atom is -0.999 e. The van der Waals surface area contributed by atoms with Gasteiger partial charge in [-0.05, 0) is 6.26 Å². The van der Waals surface area contributed by atoms with Gasteiger partial charge in [0.1, 0.15) is 0 Å². The van der Waals surface area contributed by atoms with Crippen molar-refractivity contribution in [2.24, 2.45) is 0 Å². The summed E-state index contributed by atoms with van der Waals surface area (Å²) in [7, 11) is 0. The van der Waals surface area contributed by atoms with Crippen molar-refractivity contribution in [2.75, 3.05) is 6.26 Å². The summed E-state index contributed by atoms with van der Waals surface area (Å²) in [5.41, 5.74) is 0. The molecule has 1 aromatic carbocycles. The Kier molecular flexibility index (Phi) is 49.0. The summed E-state index contributed by atoms with van der Waals surface area (Å²) in [6.07, 6.45) is 1.08. The third-order valence-corrected chi connectivity index (χ3v) is 0.351. The predicted molar refractivity (Wildman–Crippen MR) is 40.1 cm³/mol. The third kappa shape index (κ3) is 63.0. The van der Waals surface area contributed by atoms with Crippen molar-refractivity contribution in [3.05, 3.63) is 43.6 Å². The van der Waals surface area contributed by atoms with Gasteiger partial charge in [0.15, 0.2) is 0 Å². The van der Waals surface area contributed by atoms with E-state index >= 15 is 0 Å². The van der Waals surface area contributed by atoms with E-state index in [0.29, 0.717) is 0 Å². The third-order valence-electron chi connectivity index (χ3n) is 0.351. The largest absolute Gasteiger partial charge is 0.999 e. The molecule has 0 saturated carbocycles. The van der Waals surface area contributed by atoms with Crippen LogP contribution in [-0.4, -0.2) is 15.0 Å². The van der Waals surface area contributed by atoms with Crippen molar-refractivity contribution < 1.29 is 35.1 Å². The molecular formula is C8H4FeO4S-6. The van der Waals surface area contributed by atoms with E-state index in [1.54, 1.807) is 6.07 Å². The van der Waals surface area contributed by atoms with Crippen LogP contribution >= 0.6 is 0 Å². The van der Waals surface area contributed by atoms with Crippen LogP contribution in [0.15, 0.2) is 6.07 Å². The first-order valence-electron chi connectivity index (χ1n) is 2.48. The summed E-state index contributed by atoms with van der Waals surface area (Å²) >= 11 is -1.86. The van der Waals surface area contributed by atoms with Crippen LogP contribution in [-0.2, 0) is 37.5 Å². The van der Waals surface area contributed by atoms with Gasteiger partial charge >= 0.3 is 22.6 Å². The molecule has 6 heteroatoms. The number of hydrogen-bond acceptors (Lipinski definition) is 2. The molecule has 1 rings (SSSR count). The molecule has 0 aliphatic rings. The molecule has 0 N–H and O–H groups in total.